The van der Waals surface area contributed by atoms with E-state index in [1.165, 1.54) is 0 Å². The lowest BCUT2D eigenvalue weighted by Gasteiger charge is -2.29. The van der Waals surface area contributed by atoms with Crippen molar-refractivity contribution in [2.45, 2.75) is 44.8 Å². The van der Waals surface area contributed by atoms with Crippen LogP contribution in [0.1, 0.15) is 50.9 Å². The van der Waals surface area contributed by atoms with Crippen molar-refractivity contribution in [1.29, 1.82) is 0 Å². The molecule has 0 saturated carbocycles. The Morgan fingerprint density at radius 1 is 1.39 bits per heavy atom. The molecule has 1 unspecified atom stereocenters. The van der Waals surface area contributed by atoms with Crippen molar-refractivity contribution in [2.75, 3.05) is 19.8 Å². The summed E-state index contributed by atoms with van der Waals surface area (Å²) >= 11 is 0. The Hall–Kier alpha value is -0.980. The minimum Gasteiger partial charge on any atom is -0.381 e. The molecule has 2 rings (SSSR count). The van der Waals surface area contributed by atoms with Gasteiger partial charge in [0.2, 0.25) is 11.7 Å². The topological polar surface area (TPSA) is 83.4 Å². The number of aromatic nitrogens is 2. The highest BCUT2D eigenvalue weighted by molar-refractivity contribution is 5.04. The summed E-state index contributed by atoms with van der Waals surface area (Å²) in [6.45, 7) is 5.88. The molecule has 1 fully saturated rings. The molecule has 0 amide bonds. The summed E-state index contributed by atoms with van der Waals surface area (Å²) < 4.78 is 16.2. The van der Waals surface area contributed by atoms with Crippen molar-refractivity contribution in [3.8, 4) is 0 Å². The molecule has 6 heteroatoms. The zero-order chi connectivity index (χ0) is 13.0. The molecule has 2 N–H and O–H groups in total. The van der Waals surface area contributed by atoms with E-state index in [0.717, 1.165) is 6.42 Å². The largest absolute Gasteiger partial charge is 0.381 e. The van der Waals surface area contributed by atoms with Crippen LogP contribution in [-0.4, -0.2) is 30.0 Å². The smallest absolute Gasteiger partial charge is 0.247 e. The van der Waals surface area contributed by atoms with Gasteiger partial charge >= 0.3 is 0 Å². The van der Waals surface area contributed by atoms with Gasteiger partial charge in [-0.2, -0.15) is 4.98 Å². The molecule has 1 saturated heterocycles. The van der Waals surface area contributed by atoms with E-state index >= 15 is 0 Å². The van der Waals surface area contributed by atoms with E-state index in [0.29, 0.717) is 44.4 Å². The van der Waals surface area contributed by atoms with Crippen molar-refractivity contribution in [1.82, 2.24) is 10.1 Å². The molecule has 0 spiro atoms. The minimum atomic E-state index is -0.548. The number of hydrogen-bond acceptors (Lipinski definition) is 6. The Bertz CT molecular complexity index is 374. The van der Waals surface area contributed by atoms with E-state index < -0.39 is 5.54 Å². The second-order valence-corrected chi connectivity index (χ2v) is 4.58. The van der Waals surface area contributed by atoms with Gasteiger partial charge in [0.25, 0.3) is 0 Å². The van der Waals surface area contributed by atoms with Gasteiger partial charge in [-0.3, -0.25) is 0 Å². The maximum Gasteiger partial charge on any atom is 0.247 e. The summed E-state index contributed by atoms with van der Waals surface area (Å²) in [5.74, 6) is 1.09. The summed E-state index contributed by atoms with van der Waals surface area (Å²) in [6.07, 6.45) is 2.11. The van der Waals surface area contributed by atoms with Gasteiger partial charge < -0.3 is 19.7 Å². The minimum absolute atomic E-state index is 0.115. The fraction of sp³-hybridized carbons (Fsp3) is 0.833. The first-order valence-electron chi connectivity index (χ1n) is 6.52. The fourth-order valence-electron chi connectivity index (χ4n) is 2.09. The molecule has 1 atom stereocenters. The zero-order valence-corrected chi connectivity index (χ0v) is 11.0. The average molecular weight is 255 g/mol. The second-order valence-electron chi connectivity index (χ2n) is 4.58. The number of nitrogens with zero attached hydrogens (tertiary/aromatic N) is 2. The molecule has 102 valence electrons. The Morgan fingerprint density at radius 2 is 2.11 bits per heavy atom. The van der Waals surface area contributed by atoms with Crippen LogP contribution in [0.15, 0.2) is 4.52 Å². The zero-order valence-electron chi connectivity index (χ0n) is 11.0. The molecular formula is C12H21N3O3. The van der Waals surface area contributed by atoms with Crippen molar-refractivity contribution in [2.24, 2.45) is 5.73 Å². The van der Waals surface area contributed by atoms with Crippen molar-refractivity contribution < 1.29 is 14.0 Å². The maximum atomic E-state index is 6.29. The Labute approximate surface area is 107 Å². The number of ether oxygens (including phenoxy) is 2. The van der Waals surface area contributed by atoms with Crippen molar-refractivity contribution >= 4 is 0 Å². The predicted octanol–water partition coefficient (Wildman–Crippen LogP) is 1.52. The highest BCUT2D eigenvalue weighted by atomic mass is 16.5. The normalized spacial score (nSPS) is 20.8. The summed E-state index contributed by atoms with van der Waals surface area (Å²) in [7, 11) is 0. The van der Waals surface area contributed by atoms with Gasteiger partial charge in [-0.25, -0.2) is 0 Å². The van der Waals surface area contributed by atoms with Gasteiger partial charge in [0, 0.05) is 19.8 Å². The summed E-state index contributed by atoms with van der Waals surface area (Å²) in [5.41, 5.74) is 5.74. The Morgan fingerprint density at radius 3 is 2.72 bits per heavy atom. The van der Waals surface area contributed by atoms with Crippen LogP contribution in [0.5, 0.6) is 0 Å². The molecule has 1 aromatic heterocycles. The van der Waals surface area contributed by atoms with Gasteiger partial charge in [0.15, 0.2) is 0 Å². The fourth-order valence-corrected chi connectivity index (χ4v) is 2.09. The molecule has 18 heavy (non-hydrogen) atoms. The van der Waals surface area contributed by atoms with E-state index in [2.05, 4.69) is 10.1 Å². The molecule has 0 radical (unpaired) electrons. The van der Waals surface area contributed by atoms with E-state index in [9.17, 15) is 0 Å². The number of hydrogen-bond donors (Lipinski definition) is 1. The molecule has 1 aliphatic rings. The standard InChI is InChI=1S/C12H21N3O3/c1-3-9(17-4-2)10-14-11(18-15-10)12(13)5-7-16-8-6-12/h9H,3-8,13H2,1-2H3. The van der Waals surface area contributed by atoms with Crippen LogP contribution >= 0.6 is 0 Å². The first-order chi connectivity index (χ1) is 8.69. The van der Waals surface area contributed by atoms with E-state index in [1.54, 1.807) is 0 Å². The lowest BCUT2D eigenvalue weighted by atomic mass is 9.91. The molecule has 2 heterocycles. The van der Waals surface area contributed by atoms with Gasteiger partial charge in [0.05, 0.1) is 0 Å². The summed E-state index contributed by atoms with van der Waals surface area (Å²) in [6, 6.07) is 0. The lowest BCUT2D eigenvalue weighted by molar-refractivity contribution is 0.0399. The maximum absolute atomic E-state index is 6.29. The van der Waals surface area contributed by atoms with Crippen molar-refractivity contribution in [3.05, 3.63) is 11.7 Å². The average Bonchev–Trinajstić information content (AvgIpc) is 2.87. The highest BCUT2D eigenvalue weighted by Crippen LogP contribution is 2.29. The Balaban J connectivity index is 2.13. The van der Waals surface area contributed by atoms with Crippen LogP contribution in [-0.2, 0) is 15.0 Å². The van der Waals surface area contributed by atoms with Crippen LogP contribution in [0.4, 0.5) is 0 Å². The molecule has 1 aromatic rings. The first kappa shape index (κ1) is 13.5. The van der Waals surface area contributed by atoms with Crippen LogP contribution < -0.4 is 5.73 Å². The molecule has 0 aliphatic carbocycles. The van der Waals surface area contributed by atoms with Crippen LogP contribution in [0.3, 0.4) is 0 Å². The first-order valence-corrected chi connectivity index (χ1v) is 6.52. The lowest BCUT2D eigenvalue weighted by Crippen LogP contribution is -2.42. The molecular weight excluding hydrogens is 234 g/mol. The van der Waals surface area contributed by atoms with Gasteiger partial charge in [-0.1, -0.05) is 12.1 Å². The Kier molecular flexibility index (Phi) is 4.31. The third kappa shape index (κ3) is 2.71. The summed E-state index contributed by atoms with van der Waals surface area (Å²) in [5, 5.41) is 3.99. The van der Waals surface area contributed by atoms with Crippen molar-refractivity contribution in [3.63, 3.8) is 0 Å². The number of nitrogens with two attached hydrogens (primary N) is 1. The third-order valence-corrected chi connectivity index (χ3v) is 3.28. The third-order valence-electron chi connectivity index (χ3n) is 3.28. The molecule has 0 aromatic carbocycles. The predicted molar refractivity (Wildman–Crippen MR) is 64.9 cm³/mol. The number of rotatable bonds is 5. The van der Waals surface area contributed by atoms with E-state index in [-0.39, 0.29) is 6.10 Å². The van der Waals surface area contributed by atoms with Crippen LogP contribution in [0.2, 0.25) is 0 Å². The van der Waals surface area contributed by atoms with E-state index in [4.69, 9.17) is 19.7 Å². The highest BCUT2D eigenvalue weighted by Gasteiger charge is 2.36. The second kappa shape index (κ2) is 5.77. The van der Waals surface area contributed by atoms with Gasteiger partial charge in [-0.05, 0) is 26.2 Å². The van der Waals surface area contributed by atoms with Crippen LogP contribution in [0.25, 0.3) is 0 Å². The quantitative estimate of drug-likeness (QED) is 0.858. The molecule has 0 bridgehead atoms. The van der Waals surface area contributed by atoms with Gasteiger partial charge in [0.1, 0.15) is 11.6 Å². The molecule has 6 nitrogen and oxygen atoms in total. The van der Waals surface area contributed by atoms with Gasteiger partial charge in [-0.15, -0.1) is 0 Å². The monoisotopic (exact) mass is 255 g/mol. The SMILES string of the molecule is CCOC(CC)c1noc(C2(N)CCOCC2)n1. The van der Waals surface area contributed by atoms with E-state index in [1.807, 2.05) is 13.8 Å². The molecule has 1 aliphatic heterocycles. The summed E-state index contributed by atoms with van der Waals surface area (Å²) in [4.78, 5) is 4.41. The van der Waals surface area contributed by atoms with Crippen LogP contribution in [0, 0.1) is 0 Å².